The van der Waals surface area contributed by atoms with E-state index < -0.39 is 5.60 Å². The zero-order chi connectivity index (χ0) is 10.8. The van der Waals surface area contributed by atoms with Crippen molar-refractivity contribution in [3.8, 4) is 0 Å². The van der Waals surface area contributed by atoms with Crippen molar-refractivity contribution in [3.05, 3.63) is 25.3 Å². The van der Waals surface area contributed by atoms with Crippen molar-refractivity contribution >= 4 is 0 Å². The summed E-state index contributed by atoms with van der Waals surface area (Å²) >= 11 is 0. The molecule has 1 aromatic heterocycles. The molecule has 0 saturated carbocycles. The molecule has 1 heterocycles. The van der Waals surface area contributed by atoms with Gasteiger partial charge in [-0.3, -0.25) is 0 Å². The van der Waals surface area contributed by atoms with Crippen molar-refractivity contribution in [1.29, 1.82) is 0 Å². The van der Waals surface area contributed by atoms with Gasteiger partial charge in [0.2, 0.25) is 0 Å². The molecule has 14 heavy (non-hydrogen) atoms. The molecule has 0 aromatic carbocycles. The number of hydrogen-bond acceptors (Lipinski definition) is 3. The molecule has 1 atom stereocenters. The van der Waals surface area contributed by atoms with Crippen molar-refractivity contribution in [2.45, 2.75) is 32.9 Å². The summed E-state index contributed by atoms with van der Waals surface area (Å²) in [5.41, 5.74) is -1.25. The van der Waals surface area contributed by atoms with E-state index in [1.165, 1.54) is 6.33 Å². The van der Waals surface area contributed by atoms with Gasteiger partial charge in [0.15, 0.2) is 0 Å². The number of aliphatic hydroxyl groups is 1. The molecule has 0 fully saturated rings. The predicted octanol–water partition coefficient (Wildman–Crippen LogP) is 1.24. The van der Waals surface area contributed by atoms with Crippen molar-refractivity contribution in [2.24, 2.45) is 5.41 Å². The minimum atomic E-state index is -0.972. The van der Waals surface area contributed by atoms with E-state index >= 15 is 0 Å². The maximum Gasteiger partial charge on any atom is 0.137 e. The van der Waals surface area contributed by atoms with E-state index in [0.29, 0.717) is 6.54 Å². The second-order valence-corrected chi connectivity index (χ2v) is 4.47. The van der Waals surface area contributed by atoms with Gasteiger partial charge in [-0.1, -0.05) is 26.8 Å². The Labute approximate surface area is 84.3 Å². The third kappa shape index (κ3) is 2.01. The SMILES string of the molecule is C=CC(O)(Cn1cncn1)C(C)(C)C. The van der Waals surface area contributed by atoms with Crippen LogP contribution in [0, 0.1) is 5.41 Å². The summed E-state index contributed by atoms with van der Waals surface area (Å²) in [5.74, 6) is 0. The Bertz CT molecular complexity index is 300. The number of rotatable bonds is 3. The van der Waals surface area contributed by atoms with Gasteiger partial charge in [0.1, 0.15) is 18.3 Å². The van der Waals surface area contributed by atoms with Crippen LogP contribution in [0.3, 0.4) is 0 Å². The minimum Gasteiger partial charge on any atom is -0.383 e. The first-order valence-electron chi connectivity index (χ1n) is 4.57. The zero-order valence-electron chi connectivity index (χ0n) is 8.94. The summed E-state index contributed by atoms with van der Waals surface area (Å²) in [6, 6.07) is 0. The Morgan fingerprint density at radius 2 is 2.14 bits per heavy atom. The first-order valence-corrected chi connectivity index (χ1v) is 4.57. The van der Waals surface area contributed by atoms with Gasteiger partial charge < -0.3 is 5.11 Å². The lowest BCUT2D eigenvalue weighted by Crippen LogP contribution is -2.44. The van der Waals surface area contributed by atoms with E-state index in [-0.39, 0.29) is 5.41 Å². The van der Waals surface area contributed by atoms with Crippen LogP contribution in [-0.2, 0) is 6.54 Å². The second kappa shape index (κ2) is 3.53. The third-order valence-electron chi connectivity index (χ3n) is 2.51. The lowest BCUT2D eigenvalue weighted by Gasteiger charge is -2.37. The first-order chi connectivity index (χ1) is 6.39. The normalized spacial score (nSPS) is 16.3. The van der Waals surface area contributed by atoms with Crippen molar-refractivity contribution in [3.63, 3.8) is 0 Å². The maximum atomic E-state index is 10.3. The standard InChI is InChI=1S/C10H17N3O/c1-5-10(14,9(2,3)4)6-13-8-11-7-12-13/h5,7-8,14H,1,6H2,2-4H3. The smallest absolute Gasteiger partial charge is 0.137 e. The van der Waals surface area contributed by atoms with Gasteiger partial charge >= 0.3 is 0 Å². The highest BCUT2D eigenvalue weighted by Crippen LogP contribution is 2.32. The highest BCUT2D eigenvalue weighted by atomic mass is 16.3. The van der Waals surface area contributed by atoms with Gasteiger partial charge in [-0.2, -0.15) is 5.10 Å². The zero-order valence-corrected chi connectivity index (χ0v) is 8.94. The molecule has 1 aromatic rings. The van der Waals surface area contributed by atoms with Gasteiger partial charge in [0, 0.05) is 0 Å². The molecule has 78 valence electrons. The van der Waals surface area contributed by atoms with Gasteiger partial charge in [0.25, 0.3) is 0 Å². The minimum absolute atomic E-state index is 0.277. The van der Waals surface area contributed by atoms with Crippen LogP contribution in [0.2, 0.25) is 0 Å². The van der Waals surface area contributed by atoms with Crippen LogP contribution in [0.25, 0.3) is 0 Å². The summed E-state index contributed by atoms with van der Waals surface area (Å²) < 4.78 is 1.60. The fourth-order valence-corrected chi connectivity index (χ4v) is 1.17. The van der Waals surface area contributed by atoms with Gasteiger partial charge in [-0.05, 0) is 5.41 Å². The molecule has 0 bridgehead atoms. The largest absolute Gasteiger partial charge is 0.383 e. The molecule has 0 radical (unpaired) electrons. The Balaban J connectivity index is 2.87. The molecule has 4 heteroatoms. The summed E-state index contributed by atoms with van der Waals surface area (Å²) in [5, 5.41) is 14.3. The van der Waals surface area contributed by atoms with Crippen LogP contribution >= 0.6 is 0 Å². The van der Waals surface area contributed by atoms with Crippen molar-refractivity contribution in [2.75, 3.05) is 0 Å². The molecule has 1 rings (SSSR count). The second-order valence-electron chi connectivity index (χ2n) is 4.47. The topological polar surface area (TPSA) is 50.9 Å². The lowest BCUT2D eigenvalue weighted by molar-refractivity contribution is -0.0301. The molecule has 4 nitrogen and oxygen atoms in total. The number of hydrogen-bond donors (Lipinski definition) is 1. The average Bonchev–Trinajstić information content (AvgIpc) is 2.54. The summed E-state index contributed by atoms with van der Waals surface area (Å²) in [6.07, 6.45) is 4.60. The molecule has 0 amide bonds. The molecule has 1 unspecified atom stereocenters. The fraction of sp³-hybridized carbons (Fsp3) is 0.600. The summed E-state index contributed by atoms with van der Waals surface area (Å²) in [7, 11) is 0. The first kappa shape index (κ1) is 10.9. The Morgan fingerprint density at radius 3 is 2.50 bits per heavy atom. The molecule has 0 saturated heterocycles. The van der Waals surface area contributed by atoms with E-state index in [4.69, 9.17) is 0 Å². The number of aromatic nitrogens is 3. The van der Waals surface area contributed by atoms with E-state index in [1.54, 1.807) is 17.1 Å². The predicted molar refractivity (Wildman–Crippen MR) is 54.6 cm³/mol. The van der Waals surface area contributed by atoms with Gasteiger partial charge in [-0.25, -0.2) is 9.67 Å². The quantitative estimate of drug-likeness (QED) is 0.738. The van der Waals surface area contributed by atoms with Gasteiger partial charge in [0.05, 0.1) is 6.54 Å². The Kier molecular flexibility index (Phi) is 2.76. The molecule has 0 aliphatic carbocycles. The van der Waals surface area contributed by atoms with Crippen LogP contribution < -0.4 is 0 Å². The Hall–Kier alpha value is -1.16. The fourth-order valence-electron chi connectivity index (χ4n) is 1.17. The molecular formula is C10H17N3O. The highest BCUT2D eigenvalue weighted by molar-refractivity contribution is 5.03. The molecule has 0 aliphatic rings. The highest BCUT2D eigenvalue weighted by Gasteiger charge is 2.37. The van der Waals surface area contributed by atoms with Crippen molar-refractivity contribution < 1.29 is 5.11 Å². The van der Waals surface area contributed by atoms with Crippen LogP contribution in [0.15, 0.2) is 25.3 Å². The van der Waals surface area contributed by atoms with Crippen LogP contribution in [0.4, 0.5) is 0 Å². The van der Waals surface area contributed by atoms with Crippen LogP contribution in [0.5, 0.6) is 0 Å². The Morgan fingerprint density at radius 1 is 1.50 bits per heavy atom. The van der Waals surface area contributed by atoms with Gasteiger partial charge in [-0.15, -0.1) is 6.58 Å². The molecule has 1 N–H and O–H groups in total. The van der Waals surface area contributed by atoms with Crippen LogP contribution in [-0.4, -0.2) is 25.5 Å². The molecular weight excluding hydrogens is 178 g/mol. The van der Waals surface area contributed by atoms with E-state index in [2.05, 4.69) is 16.7 Å². The van der Waals surface area contributed by atoms with Crippen LogP contribution in [0.1, 0.15) is 20.8 Å². The summed E-state index contributed by atoms with van der Waals surface area (Å²) in [6.45, 7) is 9.93. The van der Waals surface area contributed by atoms with E-state index in [1.807, 2.05) is 20.8 Å². The monoisotopic (exact) mass is 195 g/mol. The summed E-state index contributed by atoms with van der Waals surface area (Å²) in [4.78, 5) is 3.83. The lowest BCUT2D eigenvalue weighted by atomic mass is 9.76. The van der Waals surface area contributed by atoms with Crippen molar-refractivity contribution in [1.82, 2.24) is 14.8 Å². The van der Waals surface area contributed by atoms with E-state index in [0.717, 1.165) is 0 Å². The maximum absolute atomic E-state index is 10.3. The number of nitrogens with zero attached hydrogens (tertiary/aromatic N) is 3. The third-order valence-corrected chi connectivity index (χ3v) is 2.51. The average molecular weight is 195 g/mol. The molecule has 0 aliphatic heterocycles. The molecule has 0 spiro atoms. The van der Waals surface area contributed by atoms with E-state index in [9.17, 15) is 5.11 Å².